The molecule has 4 rings (SSSR count). The minimum absolute atomic E-state index is 0.0932. The van der Waals surface area contributed by atoms with Gasteiger partial charge in [-0.15, -0.1) is 0 Å². The lowest BCUT2D eigenvalue weighted by molar-refractivity contribution is -0.141. The number of carboxylic acids is 6. The number of amides is 13. The predicted octanol–water partition coefficient (Wildman–Crippen LogP) is -2.93. The van der Waals surface area contributed by atoms with Gasteiger partial charge in [-0.3, -0.25) is 91.1 Å². The van der Waals surface area contributed by atoms with Gasteiger partial charge in [0.1, 0.15) is 72.2 Å². The van der Waals surface area contributed by atoms with E-state index in [1.807, 2.05) is 0 Å². The molecule has 0 aliphatic rings. The van der Waals surface area contributed by atoms with E-state index < -0.39 is 269 Å². The second kappa shape index (κ2) is 47.4. The Morgan fingerprint density at radius 1 is 0.362 bits per heavy atom. The Bertz CT molecular complexity index is 4170. The molecule has 3 aromatic carbocycles. The quantitative estimate of drug-likeness (QED) is 0.0210. The summed E-state index contributed by atoms with van der Waals surface area (Å²) in [6.45, 7) is 7.01. The molecule has 0 saturated heterocycles. The van der Waals surface area contributed by atoms with Crippen LogP contribution in [-0.4, -0.2) is 232 Å². The van der Waals surface area contributed by atoms with Gasteiger partial charge < -0.3 is 116 Å². The number of nitrogens with one attached hydrogen (secondary N) is 13. The summed E-state index contributed by atoms with van der Waals surface area (Å²) in [6, 6.07) is -0.00951. The number of H-pyrrole nitrogens is 1. The summed E-state index contributed by atoms with van der Waals surface area (Å²) in [4.78, 5) is 255. The Hall–Kier alpha value is -13.1. The number of aromatic nitrogens is 1. The molecular weight excluding hydrogens is 1530 g/mol. The number of hydrogen-bond donors (Lipinski definition) is 22. The Labute approximate surface area is 663 Å². The normalized spacial score (nSPS) is 14.2. The number of aromatic amines is 1. The van der Waals surface area contributed by atoms with Crippen molar-refractivity contribution in [3.8, 4) is 5.75 Å². The molecule has 0 radical (unpaired) electrons. The lowest BCUT2D eigenvalue weighted by atomic mass is 10.00. The van der Waals surface area contributed by atoms with Crippen LogP contribution in [0, 0.1) is 11.8 Å². The molecule has 1 aromatic heterocycles. The zero-order valence-electron chi connectivity index (χ0n) is 64.2. The molecule has 41 heteroatoms. The van der Waals surface area contributed by atoms with Gasteiger partial charge in [0.2, 0.25) is 76.8 Å². The third-order valence-corrected chi connectivity index (χ3v) is 17.7. The molecule has 632 valence electrons. The average Bonchev–Trinajstić information content (AvgIpc) is 1.66. The van der Waals surface area contributed by atoms with Crippen LogP contribution in [0.3, 0.4) is 0 Å². The van der Waals surface area contributed by atoms with Crippen LogP contribution in [0.1, 0.15) is 135 Å². The second-order valence-electron chi connectivity index (χ2n) is 28.3. The zero-order valence-corrected chi connectivity index (χ0v) is 64.2. The third-order valence-electron chi connectivity index (χ3n) is 17.7. The van der Waals surface area contributed by atoms with Crippen molar-refractivity contribution in [3.63, 3.8) is 0 Å². The van der Waals surface area contributed by atoms with Gasteiger partial charge >= 0.3 is 35.8 Å². The van der Waals surface area contributed by atoms with Crippen molar-refractivity contribution >= 4 is 124 Å². The fourth-order valence-electron chi connectivity index (χ4n) is 11.7. The van der Waals surface area contributed by atoms with E-state index >= 15 is 0 Å². The van der Waals surface area contributed by atoms with E-state index in [0.717, 1.165) is 6.92 Å². The van der Waals surface area contributed by atoms with Gasteiger partial charge in [-0.1, -0.05) is 88.4 Å². The first-order valence-electron chi connectivity index (χ1n) is 36.9. The van der Waals surface area contributed by atoms with Crippen molar-refractivity contribution in [2.45, 2.75) is 210 Å². The number of carbonyl (C=O) groups excluding carboxylic acids is 13. The summed E-state index contributed by atoms with van der Waals surface area (Å²) in [5.41, 5.74) is 13.5. The molecule has 1 heterocycles. The summed E-state index contributed by atoms with van der Waals surface area (Å²) in [6.07, 6.45) is -8.17. The summed E-state index contributed by atoms with van der Waals surface area (Å²) >= 11 is 0. The molecule has 116 heavy (non-hydrogen) atoms. The van der Waals surface area contributed by atoms with Gasteiger partial charge in [0.05, 0.1) is 19.0 Å². The number of hydrogen-bond acceptors (Lipinski definition) is 21. The molecule has 0 aliphatic heterocycles. The average molecular weight is 1630 g/mol. The molecule has 41 nitrogen and oxygen atoms in total. The molecule has 0 spiro atoms. The first kappa shape index (κ1) is 95.3. The van der Waals surface area contributed by atoms with E-state index in [9.17, 15) is 127 Å². The maximum absolute atomic E-state index is 14.6. The molecule has 4 aromatic rings. The van der Waals surface area contributed by atoms with E-state index in [1.54, 1.807) is 88.5 Å². The number of carboxylic acid groups (broad SMARTS) is 6. The number of rotatable bonds is 52. The number of phenols is 1. The first-order chi connectivity index (χ1) is 54.6. The zero-order chi connectivity index (χ0) is 86.6. The predicted molar refractivity (Wildman–Crippen MR) is 407 cm³/mol. The second-order valence-corrected chi connectivity index (χ2v) is 28.3. The van der Waals surface area contributed by atoms with Gasteiger partial charge in [-0.25, -0.2) is 0 Å². The van der Waals surface area contributed by atoms with Crippen LogP contribution in [0.5, 0.6) is 5.75 Å². The van der Waals surface area contributed by atoms with Gasteiger partial charge in [-0.2, -0.15) is 0 Å². The standard InChI is InChI=1S/C75H101N15O26/c1-37(2)29-45(76)66(107)82-48(20-25-59(95)96)69(110)84-50(22-27-61(99)100)71(112)86-51(23-28-62(101)102)72(113)85-49(21-26-60(97)98)70(111)83-47(19-24-58(93)94)68(109)80-39(5)65(106)88-54(32-41-15-17-43(91)18-16-41)67(108)79-36-57(92)81-55(33-42-35-78-46-14-10-9-13-44(42)46)74(115)89-53(30-38(3)4)73(114)90-56(34-63(103)104)75(116)87-52(64(77)105)31-40-11-7-6-8-12-40/h6-18,35,37-39,45,47-56,78,91H,19-34,36,76H2,1-5H3,(H2,77,105)(H,79,108)(H,80,109)(H,81,92)(H,82,107)(H,83,111)(H,84,110)(H,85,113)(H,86,112)(H,87,116)(H,88,106)(H,89,115)(H,90,114)(H,93,94)(H,95,96)(H,97,98)(H,99,100)(H,101,102)(H,103,104)/t39-,45-,47-,48-,49-,50-,51-,52-,53-,54-,55-,56-/m0/s1. The number of nitrogens with two attached hydrogens (primary N) is 2. The van der Waals surface area contributed by atoms with Crippen LogP contribution in [0.15, 0.2) is 85.1 Å². The summed E-state index contributed by atoms with van der Waals surface area (Å²) in [7, 11) is 0. The van der Waals surface area contributed by atoms with Crippen LogP contribution >= 0.6 is 0 Å². The molecule has 13 amide bonds. The van der Waals surface area contributed by atoms with E-state index in [0.29, 0.717) is 27.6 Å². The summed E-state index contributed by atoms with van der Waals surface area (Å²) in [5, 5.41) is 96.5. The molecule has 0 saturated carbocycles. The van der Waals surface area contributed by atoms with E-state index in [-0.39, 0.29) is 43.3 Å². The van der Waals surface area contributed by atoms with Gasteiger partial charge in [0.25, 0.3) is 0 Å². The highest BCUT2D eigenvalue weighted by Gasteiger charge is 2.38. The third kappa shape index (κ3) is 34.5. The molecule has 0 bridgehead atoms. The number of para-hydroxylation sites is 1. The SMILES string of the molecule is CC(C)C[C@H](NC(=O)[C@H](Cc1c[nH]c2ccccc12)NC(=O)CNC(=O)[C@H](Cc1ccc(O)cc1)NC(=O)[C@H](C)NC(=O)[C@H](CCC(=O)O)NC(=O)[C@H](CCC(=O)O)NC(=O)[C@H](CCC(=O)O)NC(=O)[C@H](CCC(=O)O)NC(=O)[C@H](CCC(=O)O)NC(=O)[C@@H](N)CC(C)C)C(=O)N[C@@H](CC(=O)O)C(=O)N[C@@H](Cc1ccccc1)C(N)=O. The Kier molecular flexibility index (Phi) is 38.9. The number of carbonyl (C=O) groups is 19. The molecule has 12 atom stereocenters. The largest absolute Gasteiger partial charge is 0.508 e. The van der Waals surface area contributed by atoms with E-state index in [4.69, 9.17) is 11.5 Å². The molecule has 24 N–H and O–H groups in total. The lowest BCUT2D eigenvalue weighted by Gasteiger charge is -2.27. The van der Waals surface area contributed by atoms with Crippen molar-refractivity contribution in [1.82, 2.24) is 68.8 Å². The fourth-order valence-corrected chi connectivity index (χ4v) is 11.7. The van der Waals surface area contributed by atoms with Crippen molar-refractivity contribution in [2.24, 2.45) is 23.3 Å². The van der Waals surface area contributed by atoms with Crippen molar-refractivity contribution in [3.05, 3.63) is 102 Å². The monoisotopic (exact) mass is 1630 g/mol. The highest BCUT2D eigenvalue weighted by Crippen LogP contribution is 2.21. The van der Waals surface area contributed by atoms with E-state index in [2.05, 4.69) is 68.8 Å². The molecule has 0 fully saturated rings. The number of phenolic OH excluding ortho intramolecular Hbond substituents is 1. The number of fused-ring (bicyclic) bond motifs is 1. The van der Waals surface area contributed by atoms with Crippen LogP contribution < -0.4 is 75.3 Å². The Balaban J connectivity index is 1.59. The van der Waals surface area contributed by atoms with Gasteiger partial charge in [-0.05, 0) is 98.6 Å². The molecule has 0 aliphatic carbocycles. The first-order valence-corrected chi connectivity index (χ1v) is 36.9. The number of primary amides is 1. The molecular formula is C75H101N15O26. The minimum atomic E-state index is -2.04. The van der Waals surface area contributed by atoms with Gasteiger partial charge in [0, 0.05) is 68.5 Å². The molecule has 0 unspecified atom stereocenters. The van der Waals surface area contributed by atoms with Gasteiger partial charge in [0.15, 0.2) is 0 Å². The minimum Gasteiger partial charge on any atom is -0.508 e. The van der Waals surface area contributed by atoms with Crippen molar-refractivity contribution in [2.75, 3.05) is 6.54 Å². The summed E-state index contributed by atoms with van der Waals surface area (Å²) < 4.78 is 0. The lowest BCUT2D eigenvalue weighted by Crippen LogP contribution is -2.60. The number of benzene rings is 3. The van der Waals surface area contributed by atoms with Crippen LogP contribution in [0.2, 0.25) is 0 Å². The maximum atomic E-state index is 14.6. The Morgan fingerprint density at radius 3 is 1.17 bits per heavy atom. The van der Waals surface area contributed by atoms with E-state index in [1.165, 1.54) is 24.3 Å². The highest BCUT2D eigenvalue weighted by atomic mass is 16.4. The topological polar surface area (TPSA) is 678 Å². The fraction of sp³-hybridized carbons (Fsp3) is 0.480. The number of aromatic hydroxyl groups is 1. The van der Waals surface area contributed by atoms with Crippen molar-refractivity contribution in [1.29, 1.82) is 0 Å². The maximum Gasteiger partial charge on any atom is 0.305 e. The van der Waals surface area contributed by atoms with Crippen LogP contribution in [-0.2, 0) is 110 Å². The van der Waals surface area contributed by atoms with Crippen LogP contribution in [0.25, 0.3) is 10.9 Å². The van der Waals surface area contributed by atoms with Crippen molar-refractivity contribution < 1.29 is 127 Å². The summed E-state index contributed by atoms with van der Waals surface area (Å²) in [5.74, 6) is -24.7. The Morgan fingerprint density at radius 2 is 0.724 bits per heavy atom. The highest BCUT2D eigenvalue weighted by molar-refractivity contribution is 6.01. The van der Waals surface area contributed by atoms with Crippen LogP contribution in [0.4, 0.5) is 0 Å². The smallest absolute Gasteiger partial charge is 0.305 e. The number of aliphatic carboxylic acids is 6.